The molecule has 1 N–H and O–H groups in total. The van der Waals surface area contributed by atoms with Crippen LogP contribution in [0.4, 0.5) is 13.2 Å². The number of rotatable bonds is 4. The van der Waals surface area contributed by atoms with Crippen molar-refractivity contribution < 1.29 is 18.3 Å². The maximum Gasteiger partial charge on any atom is 0.416 e. The van der Waals surface area contributed by atoms with E-state index in [2.05, 4.69) is 0 Å². The van der Waals surface area contributed by atoms with Crippen molar-refractivity contribution in [2.75, 3.05) is 0 Å². The van der Waals surface area contributed by atoms with Crippen LogP contribution in [0.2, 0.25) is 0 Å². The highest BCUT2D eigenvalue weighted by Crippen LogP contribution is 2.30. The highest BCUT2D eigenvalue weighted by Gasteiger charge is 2.30. The van der Waals surface area contributed by atoms with Gasteiger partial charge in [0.15, 0.2) is 0 Å². The standard InChI is InChI=1S/C13H15F3O/c1-2-3-4-5-12(17)10-6-8-11(9-7-10)13(14,15)16/h4-9,12,17H,2-3H2,1H3/b5-4+. The van der Waals surface area contributed by atoms with Crippen LogP contribution in [0.1, 0.15) is 37.0 Å². The van der Waals surface area contributed by atoms with Crippen LogP contribution in [-0.4, -0.2) is 5.11 Å². The predicted octanol–water partition coefficient (Wildman–Crippen LogP) is 4.10. The van der Waals surface area contributed by atoms with Crippen molar-refractivity contribution in [3.8, 4) is 0 Å². The van der Waals surface area contributed by atoms with Crippen molar-refractivity contribution in [2.45, 2.75) is 32.0 Å². The van der Waals surface area contributed by atoms with Gasteiger partial charge in [-0.2, -0.15) is 13.2 Å². The third-order valence-electron chi connectivity index (χ3n) is 2.35. The molecule has 0 radical (unpaired) electrons. The second kappa shape index (κ2) is 5.87. The predicted molar refractivity (Wildman–Crippen MR) is 60.5 cm³/mol. The summed E-state index contributed by atoms with van der Waals surface area (Å²) in [6, 6.07) is 4.55. The van der Waals surface area contributed by atoms with Gasteiger partial charge >= 0.3 is 6.18 Å². The number of unbranched alkanes of at least 4 members (excludes halogenated alkanes) is 1. The third-order valence-corrected chi connectivity index (χ3v) is 2.35. The summed E-state index contributed by atoms with van der Waals surface area (Å²) in [6.07, 6.45) is 0.0491. The van der Waals surface area contributed by atoms with E-state index in [1.807, 2.05) is 13.0 Å². The van der Waals surface area contributed by atoms with E-state index in [0.29, 0.717) is 5.56 Å². The molecule has 4 heteroatoms. The topological polar surface area (TPSA) is 20.2 Å². The zero-order valence-electron chi connectivity index (χ0n) is 9.54. The number of hydrogen-bond acceptors (Lipinski definition) is 1. The van der Waals surface area contributed by atoms with Crippen molar-refractivity contribution in [1.82, 2.24) is 0 Å². The Labute approximate surface area is 98.6 Å². The van der Waals surface area contributed by atoms with Crippen molar-refractivity contribution in [3.63, 3.8) is 0 Å². The lowest BCUT2D eigenvalue weighted by molar-refractivity contribution is -0.137. The Morgan fingerprint density at radius 3 is 2.29 bits per heavy atom. The van der Waals surface area contributed by atoms with Crippen LogP contribution in [0.15, 0.2) is 36.4 Å². The first-order valence-electron chi connectivity index (χ1n) is 5.47. The number of hydrogen-bond donors (Lipinski definition) is 1. The molecular weight excluding hydrogens is 229 g/mol. The molecule has 1 unspecified atom stereocenters. The van der Waals surface area contributed by atoms with E-state index < -0.39 is 17.8 Å². The Balaban J connectivity index is 2.74. The summed E-state index contributed by atoms with van der Waals surface area (Å²) in [7, 11) is 0. The summed E-state index contributed by atoms with van der Waals surface area (Å²) in [6.45, 7) is 2.01. The Kier molecular flexibility index (Phi) is 4.75. The molecular formula is C13H15F3O. The Morgan fingerprint density at radius 1 is 1.24 bits per heavy atom. The molecule has 0 aliphatic heterocycles. The van der Waals surface area contributed by atoms with Crippen molar-refractivity contribution in [1.29, 1.82) is 0 Å². The first kappa shape index (κ1) is 13.8. The molecule has 0 aliphatic rings. The molecule has 0 saturated heterocycles. The first-order chi connectivity index (χ1) is 7.95. The fraction of sp³-hybridized carbons (Fsp3) is 0.385. The fourth-order valence-electron chi connectivity index (χ4n) is 1.37. The van der Waals surface area contributed by atoms with E-state index in [-0.39, 0.29) is 0 Å². The van der Waals surface area contributed by atoms with Gasteiger partial charge < -0.3 is 5.11 Å². The van der Waals surface area contributed by atoms with Gasteiger partial charge in [0.25, 0.3) is 0 Å². The molecule has 0 aliphatic carbocycles. The van der Waals surface area contributed by atoms with Gasteiger partial charge in [0.05, 0.1) is 11.7 Å². The monoisotopic (exact) mass is 244 g/mol. The number of halogens is 3. The zero-order valence-corrected chi connectivity index (χ0v) is 9.54. The summed E-state index contributed by atoms with van der Waals surface area (Å²) in [5.74, 6) is 0. The van der Waals surface area contributed by atoms with Gasteiger partial charge in [-0.3, -0.25) is 0 Å². The number of aliphatic hydroxyl groups excluding tert-OH is 1. The quantitative estimate of drug-likeness (QED) is 0.791. The Morgan fingerprint density at radius 2 is 1.82 bits per heavy atom. The highest BCUT2D eigenvalue weighted by atomic mass is 19.4. The molecule has 0 spiro atoms. The van der Waals surface area contributed by atoms with Gasteiger partial charge in [0.1, 0.15) is 0 Å². The van der Waals surface area contributed by atoms with Gasteiger partial charge in [-0.25, -0.2) is 0 Å². The molecule has 1 nitrogen and oxygen atoms in total. The average molecular weight is 244 g/mol. The maximum absolute atomic E-state index is 12.3. The van der Waals surface area contributed by atoms with Crippen molar-refractivity contribution >= 4 is 0 Å². The van der Waals surface area contributed by atoms with Crippen LogP contribution in [-0.2, 0) is 6.18 Å². The Hall–Kier alpha value is -1.29. The Bertz CT molecular complexity index is 365. The summed E-state index contributed by atoms with van der Waals surface area (Å²) < 4.78 is 36.9. The van der Waals surface area contributed by atoms with Gasteiger partial charge in [-0.1, -0.05) is 37.6 Å². The van der Waals surface area contributed by atoms with Crippen LogP contribution in [0, 0.1) is 0 Å². The first-order valence-corrected chi connectivity index (χ1v) is 5.47. The summed E-state index contributed by atoms with van der Waals surface area (Å²) >= 11 is 0. The van der Waals surface area contributed by atoms with E-state index >= 15 is 0 Å². The minimum absolute atomic E-state index is 0.463. The van der Waals surface area contributed by atoms with E-state index in [0.717, 1.165) is 25.0 Å². The van der Waals surface area contributed by atoms with Gasteiger partial charge in [-0.15, -0.1) is 0 Å². The van der Waals surface area contributed by atoms with Crippen LogP contribution in [0.5, 0.6) is 0 Å². The van der Waals surface area contributed by atoms with Crippen molar-refractivity contribution in [2.24, 2.45) is 0 Å². The highest BCUT2D eigenvalue weighted by molar-refractivity contribution is 5.27. The molecule has 0 fully saturated rings. The lowest BCUT2D eigenvalue weighted by Gasteiger charge is -2.09. The number of benzene rings is 1. The van der Waals surface area contributed by atoms with Crippen LogP contribution >= 0.6 is 0 Å². The van der Waals surface area contributed by atoms with E-state index in [1.54, 1.807) is 6.08 Å². The minimum atomic E-state index is -4.33. The van der Waals surface area contributed by atoms with E-state index in [4.69, 9.17) is 0 Å². The van der Waals surface area contributed by atoms with Crippen molar-refractivity contribution in [3.05, 3.63) is 47.5 Å². The molecule has 1 aromatic rings. The van der Waals surface area contributed by atoms with Crippen LogP contribution < -0.4 is 0 Å². The van der Waals surface area contributed by atoms with E-state index in [1.165, 1.54) is 12.1 Å². The van der Waals surface area contributed by atoms with Crippen LogP contribution in [0.3, 0.4) is 0 Å². The second-order valence-electron chi connectivity index (χ2n) is 3.78. The molecule has 0 amide bonds. The molecule has 17 heavy (non-hydrogen) atoms. The molecule has 0 bridgehead atoms. The van der Waals surface area contributed by atoms with Gasteiger partial charge in [0.2, 0.25) is 0 Å². The number of allylic oxidation sites excluding steroid dienone is 1. The van der Waals surface area contributed by atoms with Crippen LogP contribution in [0.25, 0.3) is 0 Å². The lowest BCUT2D eigenvalue weighted by Crippen LogP contribution is -2.05. The number of aliphatic hydroxyl groups is 1. The SMILES string of the molecule is CCC/C=C/C(O)c1ccc(C(F)(F)F)cc1. The molecule has 0 aromatic heterocycles. The van der Waals surface area contributed by atoms with E-state index in [9.17, 15) is 18.3 Å². The summed E-state index contributed by atoms with van der Waals surface area (Å²) in [4.78, 5) is 0. The molecule has 0 saturated carbocycles. The zero-order chi connectivity index (χ0) is 12.9. The minimum Gasteiger partial charge on any atom is -0.384 e. The smallest absolute Gasteiger partial charge is 0.384 e. The summed E-state index contributed by atoms with van der Waals surface area (Å²) in [5, 5.41) is 9.67. The largest absolute Gasteiger partial charge is 0.416 e. The van der Waals surface area contributed by atoms with Gasteiger partial charge in [-0.05, 0) is 24.1 Å². The summed E-state index contributed by atoms with van der Waals surface area (Å²) in [5.41, 5.74) is -0.239. The average Bonchev–Trinajstić information content (AvgIpc) is 2.28. The lowest BCUT2D eigenvalue weighted by atomic mass is 10.1. The molecule has 0 heterocycles. The fourth-order valence-corrected chi connectivity index (χ4v) is 1.37. The normalized spacial score (nSPS) is 14.2. The number of alkyl halides is 3. The maximum atomic E-state index is 12.3. The molecule has 1 rings (SSSR count). The molecule has 94 valence electrons. The third kappa shape index (κ3) is 4.23. The molecule has 1 aromatic carbocycles. The van der Waals surface area contributed by atoms with Gasteiger partial charge in [0, 0.05) is 0 Å². The molecule has 1 atom stereocenters. The second-order valence-corrected chi connectivity index (χ2v) is 3.78.